The third-order valence-corrected chi connectivity index (χ3v) is 4.80. The van der Waals surface area contributed by atoms with E-state index in [4.69, 9.17) is 0 Å². The van der Waals surface area contributed by atoms with Crippen LogP contribution in [0.2, 0.25) is 0 Å². The van der Waals surface area contributed by atoms with E-state index in [-0.39, 0.29) is 36.9 Å². The van der Waals surface area contributed by atoms with Crippen LogP contribution in [0.5, 0.6) is 11.5 Å². The Hall–Kier alpha value is -3.84. The average Bonchev–Trinajstić information content (AvgIpc) is 3.21. The Labute approximate surface area is 204 Å². The molecule has 1 heterocycles. The second kappa shape index (κ2) is 10.7. The first-order valence-electron chi connectivity index (χ1n) is 9.94. The molecule has 0 aliphatic rings. The largest absolute Gasteiger partial charge is 2.00 e. The Morgan fingerprint density at radius 2 is 1.30 bits per heavy atom. The van der Waals surface area contributed by atoms with E-state index in [1.807, 2.05) is 30.3 Å². The molecule has 8 nitrogen and oxygen atoms in total. The molecule has 0 spiro atoms. The molecule has 0 saturated heterocycles. The van der Waals surface area contributed by atoms with Gasteiger partial charge in [0.05, 0.1) is 11.4 Å². The number of hydrazone groups is 1. The molecular formula is C24H20N6O2Zn. The summed E-state index contributed by atoms with van der Waals surface area (Å²) in [5.41, 5.74) is 5.61. The summed E-state index contributed by atoms with van der Waals surface area (Å²) in [4.78, 5) is 0. The number of hydrogen-bond donors (Lipinski definition) is 1. The van der Waals surface area contributed by atoms with Crippen molar-refractivity contribution in [2.75, 3.05) is 5.43 Å². The molecule has 0 atom stereocenters. The molecule has 0 bridgehead atoms. The Bertz CT molecular complexity index is 1300. The molecule has 0 amide bonds. The molecular weight excluding hydrogens is 470 g/mol. The van der Waals surface area contributed by atoms with E-state index in [2.05, 4.69) is 25.8 Å². The first-order chi connectivity index (χ1) is 15.5. The van der Waals surface area contributed by atoms with Crippen molar-refractivity contribution < 1.29 is 29.7 Å². The van der Waals surface area contributed by atoms with Crippen LogP contribution in [0.15, 0.2) is 89.1 Å². The minimum Gasteiger partial charge on any atom is -0.872 e. The third kappa shape index (κ3) is 5.33. The molecule has 3 aromatic carbocycles. The summed E-state index contributed by atoms with van der Waals surface area (Å²) in [6.07, 6.45) is 0. The summed E-state index contributed by atoms with van der Waals surface area (Å²) >= 11 is 0. The smallest absolute Gasteiger partial charge is 0.872 e. The maximum Gasteiger partial charge on any atom is 2.00 e. The number of benzene rings is 3. The van der Waals surface area contributed by atoms with E-state index in [1.165, 1.54) is 16.8 Å². The molecule has 33 heavy (non-hydrogen) atoms. The van der Waals surface area contributed by atoms with Gasteiger partial charge in [-0.25, -0.2) is 5.43 Å². The van der Waals surface area contributed by atoms with E-state index < -0.39 is 0 Å². The average molecular weight is 490 g/mol. The molecule has 0 radical (unpaired) electrons. The number of nitrogens with one attached hydrogen (secondary N) is 1. The molecule has 1 aromatic heterocycles. The van der Waals surface area contributed by atoms with Gasteiger partial charge in [0.1, 0.15) is 0 Å². The summed E-state index contributed by atoms with van der Waals surface area (Å²) in [5, 5.41) is 41.7. The maximum absolute atomic E-state index is 12.2. The molecule has 4 aromatic rings. The Kier molecular flexibility index (Phi) is 7.69. The van der Waals surface area contributed by atoms with Gasteiger partial charge in [0.15, 0.2) is 5.82 Å². The van der Waals surface area contributed by atoms with E-state index >= 15 is 0 Å². The van der Waals surface area contributed by atoms with Crippen LogP contribution >= 0.6 is 0 Å². The van der Waals surface area contributed by atoms with Crippen LogP contribution in [0.3, 0.4) is 0 Å². The Morgan fingerprint density at radius 1 is 0.758 bits per heavy atom. The van der Waals surface area contributed by atoms with Gasteiger partial charge in [-0.2, -0.15) is 14.9 Å². The van der Waals surface area contributed by atoms with Gasteiger partial charge >= 0.3 is 19.5 Å². The zero-order valence-electron chi connectivity index (χ0n) is 18.3. The van der Waals surface area contributed by atoms with Crippen molar-refractivity contribution in [3.8, 4) is 22.9 Å². The quantitative estimate of drug-likeness (QED) is 0.254. The van der Waals surface area contributed by atoms with Crippen LogP contribution in [0.25, 0.3) is 11.4 Å². The molecule has 4 rings (SSSR count). The van der Waals surface area contributed by atoms with Gasteiger partial charge in [0.25, 0.3) is 5.95 Å². The molecule has 0 fully saturated rings. The molecule has 0 aliphatic carbocycles. The third-order valence-electron chi connectivity index (χ3n) is 4.80. The van der Waals surface area contributed by atoms with Crippen LogP contribution in [-0.2, 0) is 19.5 Å². The van der Waals surface area contributed by atoms with Crippen molar-refractivity contribution in [3.05, 3.63) is 90.0 Å². The summed E-state index contributed by atoms with van der Waals surface area (Å²) in [6, 6.07) is 22.8. The monoisotopic (exact) mass is 488 g/mol. The number of anilines is 1. The SMILES string of the molecule is C/C(=N\Nc1nnc(-c2ccccc2)n1/N=C(\C)c1ccccc1[O-])c1ccccc1[O-].[Zn+2]. The number of rotatable bonds is 6. The summed E-state index contributed by atoms with van der Waals surface area (Å²) in [6.45, 7) is 3.47. The number of nitrogens with zero attached hydrogens (tertiary/aromatic N) is 5. The van der Waals surface area contributed by atoms with Gasteiger partial charge in [0.2, 0.25) is 0 Å². The fourth-order valence-corrected chi connectivity index (χ4v) is 3.14. The summed E-state index contributed by atoms with van der Waals surface area (Å²) < 4.78 is 1.50. The van der Waals surface area contributed by atoms with Crippen molar-refractivity contribution in [2.24, 2.45) is 10.2 Å². The van der Waals surface area contributed by atoms with Gasteiger partial charge in [0, 0.05) is 5.56 Å². The zero-order valence-corrected chi connectivity index (χ0v) is 21.2. The van der Waals surface area contributed by atoms with Crippen molar-refractivity contribution in [3.63, 3.8) is 0 Å². The Morgan fingerprint density at radius 3 is 1.91 bits per heavy atom. The number of hydrogen-bond acceptors (Lipinski definition) is 7. The minimum atomic E-state index is -0.126. The van der Waals surface area contributed by atoms with E-state index in [0.717, 1.165) is 5.56 Å². The fraction of sp³-hybridized carbons (Fsp3) is 0.0833. The minimum absolute atomic E-state index is 0. The van der Waals surface area contributed by atoms with Crippen molar-refractivity contribution in [2.45, 2.75) is 13.8 Å². The predicted octanol–water partition coefficient (Wildman–Crippen LogP) is 3.20. The normalized spacial score (nSPS) is 11.7. The van der Waals surface area contributed by atoms with Gasteiger partial charge in [-0.15, -0.1) is 10.2 Å². The van der Waals surface area contributed by atoms with Crippen LogP contribution in [0, 0.1) is 0 Å². The second-order valence-corrected chi connectivity index (χ2v) is 7.01. The number of aromatic nitrogens is 3. The van der Waals surface area contributed by atoms with Crippen LogP contribution in [0.1, 0.15) is 25.0 Å². The fourth-order valence-electron chi connectivity index (χ4n) is 3.14. The second-order valence-electron chi connectivity index (χ2n) is 7.01. The molecule has 1 N–H and O–H groups in total. The van der Waals surface area contributed by atoms with E-state index in [0.29, 0.717) is 28.4 Å². The van der Waals surface area contributed by atoms with Crippen LogP contribution in [-0.4, -0.2) is 26.3 Å². The number of para-hydroxylation sites is 2. The van der Waals surface area contributed by atoms with Crippen LogP contribution in [0.4, 0.5) is 5.95 Å². The van der Waals surface area contributed by atoms with Crippen molar-refractivity contribution in [1.29, 1.82) is 0 Å². The first kappa shape index (κ1) is 23.8. The standard InChI is InChI=1S/C24H22N6O2.Zn/c1-16(19-12-6-8-14-21(19)31)25-27-24-28-26-23(18-10-4-3-5-11-18)30(24)29-17(2)20-13-7-9-15-22(20)32;/h3-15,31-32H,1-2H3,(H,27,28);/q;+2/p-2/b25-16+,29-17+;. The Balaban J connectivity index is 0.00000306. The predicted molar refractivity (Wildman–Crippen MR) is 121 cm³/mol. The molecule has 0 unspecified atom stereocenters. The van der Waals surface area contributed by atoms with Gasteiger partial charge < -0.3 is 10.2 Å². The van der Waals surface area contributed by atoms with Gasteiger partial charge in [-0.1, -0.05) is 90.4 Å². The summed E-state index contributed by atoms with van der Waals surface area (Å²) in [5.74, 6) is 0.476. The van der Waals surface area contributed by atoms with Gasteiger partial charge in [-0.3, -0.25) is 0 Å². The van der Waals surface area contributed by atoms with E-state index in [9.17, 15) is 10.2 Å². The molecule has 0 saturated carbocycles. The molecule has 160 valence electrons. The maximum atomic E-state index is 12.2. The van der Waals surface area contributed by atoms with Crippen LogP contribution < -0.4 is 15.6 Å². The first-order valence-corrected chi connectivity index (χ1v) is 9.94. The molecule has 9 heteroatoms. The van der Waals surface area contributed by atoms with Crippen molar-refractivity contribution >= 4 is 17.4 Å². The van der Waals surface area contributed by atoms with E-state index in [1.54, 1.807) is 50.2 Å². The zero-order chi connectivity index (χ0) is 22.5. The van der Waals surface area contributed by atoms with Crippen molar-refractivity contribution in [1.82, 2.24) is 14.9 Å². The molecule has 0 aliphatic heterocycles. The summed E-state index contributed by atoms with van der Waals surface area (Å²) in [7, 11) is 0. The van der Waals surface area contributed by atoms with Gasteiger partial charge in [-0.05, 0) is 25.0 Å². The topological polar surface area (TPSA) is 114 Å².